The Hall–Kier alpha value is -0.420. The molecule has 1 rings (SSSR count). The topological polar surface area (TPSA) is 47.9 Å². The van der Waals surface area contributed by atoms with Gasteiger partial charge in [0.15, 0.2) is 0 Å². The summed E-state index contributed by atoms with van der Waals surface area (Å²) >= 11 is 0. The molecule has 0 spiro atoms. The lowest BCUT2D eigenvalue weighted by atomic mass is 9.67. The molecule has 1 fully saturated rings. The number of rotatable bonds is 14. The summed E-state index contributed by atoms with van der Waals surface area (Å²) in [4.78, 5) is 0. The largest absolute Gasteiger partial charge is 0.388 e. The minimum Gasteiger partial charge on any atom is -0.388 e. The maximum Gasteiger partial charge on any atom is 0.101 e. The molecule has 0 aromatic carbocycles. The average molecular weight is 427 g/mol. The van der Waals surface area contributed by atoms with Gasteiger partial charge in [0.05, 0.1) is 38.1 Å². The highest BCUT2D eigenvalue weighted by Gasteiger charge is 2.38. The molecule has 4 heteroatoms. The van der Waals surface area contributed by atoms with Crippen molar-refractivity contribution in [3.63, 3.8) is 0 Å². The molecule has 0 aromatic heterocycles. The molecule has 0 saturated heterocycles. The molecule has 30 heavy (non-hydrogen) atoms. The van der Waals surface area contributed by atoms with Crippen molar-refractivity contribution in [3.05, 3.63) is 12.7 Å². The van der Waals surface area contributed by atoms with Crippen molar-refractivity contribution in [2.24, 2.45) is 17.3 Å². The molecule has 1 N–H and O–H groups in total. The molecule has 0 heterocycles. The normalized spacial score (nSPS) is 19.3. The SMILES string of the molecule is C=CCOCC(O)COCC(CC(C)(C)OC1CCCCCCC1)C(C)(C)C(C)C. The maximum absolute atomic E-state index is 10.1. The van der Waals surface area contributed by atoms with E-state index in [1.165, 1.54) is 44.9 Å². The zero-order valence-corrected chi connectivity index (χ0v) is 20.8. The Bertz CT molecular complexity index is 450. The van der Waals surface area contributed by atoms with Crippen molar-refractivity contribution in [1.82, 2.24) is 0 Å². The third-order valence-electron chi connectivity index (χ3n) is 6.99. The molecule has 178 valence electrons. The number of hydrogen-bond donors (Lipinski definition) is 1. The summed E-state index contributed by atoms with van der Waals surface area (Å²) in [6.45, 7) is 19.0. The third kappa shape index (κ3) is 10.7. The van der Waals surface area contributed by atoms with E-state index in [9.17, 15) is 5.11 Å². The second kappa shape index (κ2) is 13.9. The van der Waals surface area contributed by atoms with Crippen LogP contribution in [-0.2, 0) is 14.2 Å². The van der Waals surface area contributed by atoms with Crippen LogP contribution in [0.1, 0.15) is 92.9 Å². The Morgan fingerprint density at radius 1 is 0.933 bits per heavy atom. The zero-order valence-electron chi connectivity index (χ0n) is 20.8. The smallest absolute Gasteiger partial charge is 0.101 e. The molecule has 1 aliphatic carbocycles. The summed E-state index contributed by atoms with van der Waals surface area (Å²) in [6, 6.07) is 0. The van der Waals surface area contributed by atoms with Gasteiger partial charge >= 0.3 is 0 Å². The molecule has 0 amide bonds. The van der Waals surface area contributed by atoms with Gasteiger partial charge in [-0.25, -0.2) is 0 Å². The van der Waals surface area contributed by atoms with E-state index in [1.807, 2.05) is 0 Å². The molecule has 1 saturated carbocycles. The Labute approximate surface area is 186 Å². The van der Waals surface area contributed by atoms with Crippen molar-refractivity contribution in [1.29, 1.82) is 0 Å². The standard InChI is InChI=1S/C26H50O4/c1-8-16-28-19-23(27)20-29-18-22(26(6,7)21(2)3)17-25(4,5)30-24-14-12-10-9-11-13-15-24/h8,21-24,27H,1,9-20H2,2-7H3. The van der Waals surface area contributed by atoms with Crippen molar-refractivity contribution >= 4 is 0 Å². The lowest BCUT2D eigenvalue weighted by molar-refractivity contribution is -0.114. The van der Waals surface area contributed by atoms with Crippen molar-refractivity contribution in [2.75, 3.05) is 26.4 Å². The Morgan fingerprint density at radius 2 is 1.50 bits per heavy atom. The zero-order chi connectivity index (χ0) is 22.6. The van der Waals surface area contributed by atoms with Crippen LogP contribution < -0.4 is 0 Å². The molecule has 0 bridgehead atoms. The monoisotopic (exact) mass is 426 g/mol. The molecule has 0 aliphatic heterocycles. The van der Waals surface area contributed by atoms with Crippen LogP contribution in [0.4, 0.5) is 0 Å². The van der Waals surface area contributed by atoms with E-state index in [-0.39, 0.29) is 17.6 Å². The first-order valence-corrected chi connectivity index (χ1v) is 12.2. The lowest BCUT2D eigenvalue weighted by Crippen LogP contribution is -2.41. The van der Waals surface area contributed by atoms with Gasteiger partial charge in [-0.15, -0.1) is 6.58 Å². The first-order chi connectivity index (χ1) is 14.1. The second-order valence-electron chi connectivity index (χ2n) is 10.7. The Balaban J connectivity index is 2.66. The average Bonchev–Trinajstić information content (AvgIpc) is 2.63. The number of aliphatic hydroxyl groups is 1. The van der Waals surface area contributed by atoms with E-state index < -0.39 is 6.10 Å². The number of hydrogen-bond acceptors (Lipinski definition) is 4. The Kier molecular flexibility index (Phi) is 12.8. The van der Waals surface area contributed by atoms with Crippen molar-refractivity contribution < 1.29 is 19.3 Å². The fourth-order valence-electron chi connectivity index (χ4n) is 4.32. The molecule has 2 atom stereocenters. The van der Waals surface area contributed by atoms with Gasteiger partial charge < -0.3 is 19.3 Å². The second-order valence-corrected chi connectivity index (χ2v) is 10.7. The fourth-order valence-corrected chi connectivity index (χ4v) is 4.32. The molecule has 0 radical (unpaired) electrons. The summed E-state index contributed by atoms with van der Waals surface area (Å²) in [5.41, 5.74) is -0.0679. The highest BCUT2D eigenvalue weighted by molar-refractivity contribution is 4.87. The summed E-state index contributed by atoms with van der Waals surface area (Å²) in [5, 5.41) is 10.1. The third-order valence-corrected chi connectivity index (χ3v) is 6.99. The van der Waals surface area contributed by atoms with Crippen LogP contribution in [0, 0.1) is 17.3 Å². The molecule has 2 unspecified atom stereocenters. The van der Waals surface area contributed by atoms with Gasteiger partial charge in [0.1, 0.15) is 6.10 Å². The van der Waals surface area contributed by atoms with E-state index in [2.05, 4.69) is 48.1 Å². The van der Waals surface area contributed by atoms with E-state index in [4.69, 9.17) is 14.2 Å². The molecular weight excluding hydrogens is 376 g/mol. The maximum atomic E-state index is 10.1. The number of aliphatic hydroxyl groups excluding tert-OH is 1. The molecular formula is C26H50O4. The van der Waals surface area contributed by atoms with E-state index >= 15 is 0 Å². The highest BCUT2D eigenvalue weighted by Crippen LogP contribution is 2.41. The summed E-state index contributed by atoms with van der Waals surface area (Å²) < 4.78 is 18.0. The van der Waals surface area contributed by atoms with Gasteiger partial charge in [0, 0.05) is 0 Å². The van der Waals surface area contributed by atoms with Gasteiger partial charge in [-0.3, -0.25) is 0 Å². The van der Waals surface area contributed by atoms with Gasteiger partial charge in [0.25, 0.3) is 0 Å². The first kappa shape index (κ1) is 27.6. The van der Waals surface area contributed by atoms with Crippen LogP contribution in [0.25, 0.3) is 0 Å². The quantitative estimate of drug-likeness (QED) is 0.267. The predicted octanol–water partition coefficient (Wildman–Crippen LogP) is 6.16. The lowest BCUT2D eigenvalue weighted by Gasteiger charge is -2.43. The van der Waals surface area contributed by atoms with Crippen molar-refractivity contribution in [2.45, 2.75) is 111 Å². The first-order valence-electron chi connectivity index (χ1n) is 12.2. The number of ether oxygens (including phenoxy) is 3. The van der Waals surface area contributed by atoms with Crippen molar-refractivity contribution in [3.8, 4) is 0 Å². The van der Waals surface area contributed by atoms with E-state index in [0.717, 1.165) is 6.42 Å². The van der Waals surface area contributed by atoms with Crippen LogP contribution in [-0.4, -0.2) is 49.3 Å². The van der Waals surface area contributed by atoms with Gasteiger partial charge in [-0.1, -0.05) is 65.9 Å². The fraction of sp³-hybridized carbons (Fsp3) is 0.923. The summed E-state index contributed by atoms with van der Waals surface area (Å²) in [6.07, 6.45) is 11.4. The van der Waals surface area contributed by atoms with E-state index in [1.54, 1.807) is 6.08 Å². The molecule has 1 aliphatic rings. The minimum absolute atomic E-state index is 0.117. The van der Waals surface area contributed by atoms with Gasteiger partial charge in [-0.05, 0) is 50.4 Å². The van der Waals surface area contributed by atoms with Crippen LogP contribution in [0.5, 0.6) is 0 Å². The van der Waals surface area contributed by atoms with Crippen LogP contribution >= 0.6 is 0 Å². The van der Waals surface area contributed by atoms with Gasteiger partial charge in [0.2, 0.25) is 0 Å². The summed E-state index contributed by atoms with van der Waals surface area (Å²) in [5.74, 6) is 0.881. The highest BCUT2D eigenvalue weighted by atomic mass is 16.5. The minimum atomic E-state index is -0.605. The molecule has 0 aromatic rings. The van der Waals surface area contributed by atoms with Crippen LogP contribution in [0.15, 0.2) is 12.7 Å². The molecule has 4 nitrogen and oxygen atoms in total. The van der Waals surface area contributed by atoms with Crippen LogP contribution in [0.3, 0.4) is 0 Å². The van der Waals surface area contributed by atoms with E-state index in [0.29, 0.717) is 37.8 Å². The predicted molar refractivity (Wildman–Crippen MR) is 126 cm³/mol. The summed E-state index contributed by atoms with van der Waals surface area (Å²) in [7, 11) is 0. The van der Waals surface area contributed by atoms with Crippen LogP contribution in [0.2, 0.25) is 0 Å². The Morgan fingerprint density at radius 3 is 2.07 bits per heavy atom. The van der Waals surface area contributed by atoms with Gasteiger partial charge in [-0.2, -0.15) is 0 Å².